The van der Waals surface area contributed by atoms with Gasteiger partial charge < -0.3 is 10.1 Å². The smallest absolute Gasteiger partial charge is 0.338 e. The van der Waals surface area contributed by atoms with Crippen molar-refractivity contribution in [2.45, 2.75) is 31.6 Å². The van der Waals surface area contributed by atoms with Gasteiger partial charge in [0.15, 0.2) is 5.78 Å². The number of sulfonamides is 1. The molecule has 0 saturated carbocycles. The summed E-state index contributed by atoms with van der Waals surface area (Å²) in [5.74, 6) is -1.03. The van der Waals surface area contributed by atoms with Gasteiger partial charge in [0.05, 0.1) is 17.1 Å². The first-order valence-corrected chi connectivity index (χ1v) is 11.9. The lowest BCUT2D eigenvalue weighted by molar-refractivity contribution is -0.120. The zero-order valence-electron chi connectivity index (χ0n) is 18.0. The van der Waals surface area contributed by atoms with Crippen molar-refractivity contribution in [3.63, 3.8) is 0 Å². The Kier molecular flexibility index (Phi) is 7.42. The van der Waals surface area contributed by atoms with Crippen molar-refractivity contribution in [3.05, 3.63) is 59.7 Å². The molecule has 0 radical (unpaired) electrons. The molecule has 0 atom stereocenters. The predicted octanol–water partition coefficient (Wildman–Crippen LogP) is 3.11. The number of nitrogens with one attached hydrogen (secondary N) is 1. The first-order valence-electron chi connectivity index (χ1n) is 10.4. The van der Waals surface area contributed by atoms with Crippen LogP contribution < -0.4 is 5.32 Å². The average Bonchev–Trinajstić information content (AvgIpc) is 2.79. The van der Waals surface area contributed by atoms with E-state index >= 15 is 0 Å². The standard InChI is InChI=1S/C23H26N2O6S/c1-3-31-23(28)19-6-10-21(11-7-19)32(29,30)25-14-12-18(13-15-25)22(27)24-20-8-4-17(5-9-20)16(2)26/h4-11,18H,3,12-15H2,1-2H3,(H,24,27). The molecule has 0 bridgehead atoms. The van der Waals surface area contributed by atoms with E-state index in [1.807, 2.05) is 0 Å². The SMILES string of the molecule is CCOC(=O)c1ccc(S(=O)(=O)N2CCC(C(=O)Nc3ccc(C(C)=O)cc3)CC2)cc1. The highest BCUT2D eigenvalue weighted by Gasteiger charge is 2.32. The molecule has 170 valence electrons. The van der Waals surface area contributed by atoms with Gasteiger partial charge in [0.1, 0.15) is 0 Å². The fourth-order valence-electron chi connectivity index (χ4n) is 3.52. The lowest BCUT2D eigenvalue weighted by Crippen LogP contribution is -2.41. The first kappa shape index (κ1) is 23.6. The number of rotatable bonds is 7. The van der Waals surface area contributed by atoms with Crippen molar-refractivity contribution in [1.29, 1.82) is 0 Å². The highest BCUT2D eigenvalue weighted by molar-refractivity contribution is 7.89. The number of nitrogens with zero attached hydrogens (tertiary/aromatic N) is 1. The number of benzene rings is 2. The number of piperidine rings is 1. The number of amides is 1. The third kappa shape index (κ3) is 5.41. The molecule has 32 heavy (non-hydrogen) atoms. The van der Waals surface area contributed by atoms with Crippen LogP contribution in [0, 0.1) is 5.92 Å². The van der Waals surface area contributed by atoms with Crippen molar-refractivity contribution in [1.82, 2.24) is 4.31 Å². The summed E-state index contributed by atoms with van der Waals surface area (Å²) < 4.78 is 32.1. The van der Waals surface area contributed by atoms with Gasteiger partial charge in [0.25, 0.3) is 0 Å². The molecular formula is C23H26N2O6S. The van der Waals surface area contributed by atoms with Crippen LogP contribution in [-0.2, 0) is 19.6 Å². The molecule has 3 rings (SSSR count). The van der Waals surface area contributed by atoms with Crippen molar-refractivity contribution in [2.24, 2.45) is 5.92 Å². The molecule has 1 N–H and O–H groups in total. The molecule has 0 aliphatic carbocycles. The van der Waals surface area contributed by atoms with Crippen LogP contribution in [0.5, 0.6) is 0 Å². The second kappa shape index (κ2) is 10.1. The molecule has 0 aromatic heterocycles. The van der Waals surface area contributed by atoms with Crippen LogP contribution in [0.1, 0.15) is 47.4 Å². The quantitative estimate of drug-likeness (QED) is 0.504. The van der Waals surface area contributed by atoms with Gasteiger partial charge in [-0.2, -0.15) is 4.31 Å². The van der Waals surface area contributed by atoms with Gasteiger partial charge in [0, 0.05) is 30.3 Å². The minimum atomic E-state index is -3.72. The van der Waals surface area contributed by atoms with E-state index in [1.165, 1.54) is 35.5 Å². The molecule has 1 fully saturated rings. The molecule has 1 saturated heterocycles. The van der Waals surface area contributed by atoms with Crippen molar-refractivity contribution in [3.8, 4) is 0 Å². The van der Waals surface area contributed by atoms with Crippen molar-refractivity contribution < 1.29 is 27.5 Å². The Bertz CT molecular complexity index is 1090. The van der Waals surface area contributed by atoms with Crippen LogP contribution in [0.4, 0.5) is 5.69 Å². The summed E-state index contributed by atoms with van der Waals surface area (Å²) in [7, 11) is -3.72. The number of ketones is 1. The number of Topliss-reactive ketones (excluding diaryl/α,β-unsaturated/α-hetero) is 1. The summed E-state index contributed by atoms with van der Waals surface area (Å²) >= 11 is 0. The monoisotopic (exact) mass is 458 g/mol. The predicted molar refractivity (Wildman–Crippen MR) is 119 cm³/mol. The lowest BCUT2D eigenvalue weighted by Gasteiger charge is -2.30. The Morgan fingerprint density at radius 3 is 2.06 bits per heavy atom. The van der Waals surface area contributed by atoms with Crippen LogP contribution in [0.15, 0.2) is 53.4 Å². The van der Waals surface area contributed by atoms with Gasteiger partial charge in [-0.25, -0.2) is 13.2 Å². The summed E-state index contributed by atoms with van der Waals surface area (Å²) in [6.45, 7) is 3.87. The van der Waals surface area contributed by atoms with Gasteiger partial charge in [-0.15, -0.1) is 0 Å². The summed E-state index contributed by atoms with van der Waals surface area (Å²) in [5, 5.41) is 2.83. The Balaban J connectivity index is 1.58. The third-order valence-corrected chi connectivity index (χ3v) is 7.30. The van der Waals surface area contributed by atoms with Crippen molar-refractivity contribution in [2.75, 3.05) is 25.0 Å². The second-order valence-electron chi connectivity index (χ2n) is 7.55. The van der Waals surface area contributed by atoms with Crippen LogP contribution in [0.25, 0.3) is 0 Å². The molecule has 1 amide bonds. The van der Waals surface area contributed by atoms with E-state index in [2.05, 4.69) is 5.32 Å². The van der Waals surface area contributed by atoms with E-state index < -0.39 is 16.0 Å². The van der Waals surface area contributed by atoms with Gasteiger partial charge in [0.2, 0.25) is 15.9 Å². The molecule has 1 heterocycles. The fraction of sp³-hybridized carbons (Fsp3) is 0.348. The van der Waals surface area contributed by atoms with Gasteiger partial charge in [-0.05, 0) is 75.2 Å². The molecular weight excluding hydrogens is 432 g/mol. The Morgan fingerprint density at radius 1 is 0.969 bits per heavy atom. The summed E-state index contributed by atoms with van der Waals surface area (Å²) in [4.78, 5) is 35.8. The van der Waals surface area contributed by atoms with Crippen LogP contribution in [0.2, 0.25) is 0 Å². The zero-order chi connectivity index (χ0) is 23.3. The van der Waals surface area contributed by atoms with Crippen LogP contribution in [-0.4, -0.2) is 50.1 Å². The van der Waals surface area contributed by atoms with Gasteiger partial charge in [-0.3, -0.25) is 9.59 Å². The number of carbonyl (C=O) groups is 3. The number of anilines is 1. The lowest BCUT2D eigenvalue weighted by atomic mass is 9.97. The molecule has 0 spiro atoms. The summed E-state index contributed by atoms with van der Waals surface area (Å²) in [6, 6.07) is 12.3. The van der Waals surface area contributed by atoms with E-state index in [0.29, 0.717) is 24.1 Å². The maximum absolute atomic E-state index is 12.9. The fourth-order valence-corrected chi connectivity index (χ4v) is 4.99. The molecule has 2 aromatic carbocycles. The normalized spacial score (nSPS) is 15.2. The largest absolute Gasteiger partial charge is 0.462 e. The molecule has 9 heteroatoms. The minimum Gasteiger partial charge on any atom is -0.462 e. The number of esters is 1. The maximum atomic E-state index is 12.9. The Labute approximate surface area is 187 Å². The topological polar surface area (TPSA) is 110 Å². The maximum Gasteiger partial charge on any atom is 0.338 e. The number of carbonyl (C=O) groups excluding carboxylic acids is 3. The van der Waals surface area contributed by atoms with E-state index in [9.17, 15) is 22.8 Å². The molecule has 1 aliphatic rings. The minimum absolute atomic E-state index is 0.0491. The zero-order valence-corrected chi connectivity index (χ0v) is 18.9. The molecule has 0 unspecified atom stereocenters. The average molecular weight is 459 g/mol. The number of ether oxygens (including phenoxy) is 1. The Hall–Kier alpha value is -3.04. The molecule has 1 aliphatic heterocycles. The van der Waals surface area contributed by atoms with Crippen LogP contribution in [0.3, 0.4) is 0 Å². The van der Waals surface area contributed by atoms with Crippen molar-refractivity contribution >= 4 is 33.4 Å². The van der Waals surface area contributed by atoms with E-state index in [0.717, 1.165) is 0 Å². The second-order valence-corrected chi connectivity index (χ2v) is 9.48. The first-order chi connectivity index (χ1) is 15.2. The van der Waals surface area contributed by atoms with Gasteiger partial charge >= 0.3 is 5.97 Å². The van der Waals surface area contributed by atoms with Gasteiger partial charge in [-0.1, -0.05) is 0 Å². The molecule has 2 aromatic rings. The highest BCUT2D eigenvalue weighted by Crippen LogP contribution is 2.25. The van der Waals surface area contributed by atoms with Crippen LogP contribution >= 0.6 is 0 Å². The summed E-state index contributed by atoms with van der Waals surface area (Å²) in [5.41, 5.74) is 1.45. The highest BCUT2D eigenvalue weighted by atomic mass is 32.2. The number of hydrogen-bond acceptors (Lipinski definition) is 6. The Morgan fingerprint density at radius 2 is 1.53 bits per heavy atom. The van der Waals surface area contributed by atoms with E-state index in [1.54, 1.807) is 31.2 Å². The molecule has 8 nitrogen and oxygen atoms in total. The number of hydrogen-bond donors (Lipinski definition) is 1. The van der Waals surface area contributed by atoms with E-state index in [-0.39, 0.29) is 47.8 Å². The summed E-state index contributed by atoms with van der Waals surface area (Å²) in [6.07, 6.45) is 0.801. The van der Waals surface area contributed by atoms with E-state index in [4.69, 9.17) is 4.74 Å². The third-order valence-electron chi connectivity index (χ3n) is 5.39.